The Morgan fingerprint density at radius 3 is 2.14 bits per heavy atom. The topological polar surface area (TPSA) is 8.81 Å². The highest BCUT2D eigenvalue weighted by Crippen LogP contribution is 2.48. The van der Waals surface area contributed by atoms with E-state index in [-0.39, 0.29) is 5.54 Å². The summed E-state index contributed by atoms with van der Waals surface area (Å²) < 4.78 is 30.4. The SMILES string of the molecule is [2H]C([2H])([2H])c1n(-c2ccccc2C)c(C)c2[n+]1C(C1CCCCC1)(C1CCCCC1)C=C2. The molecule has 1 aromatic heterocycles. The fraction of sp³-hybridized carbons (Fsp3) is 0.593. The zero-order valence-corrected chi connectivity index (χ0v) is 18.1. The summed E-state index contributed by atoms with van der Waals surface area (Å²) in [4.78, 5) is 0. The molecule has 0 amide bonds. The van der Waals surface area contributed by atoms with Gasteiger partial charge in [-0.3, -0.25) is 0 Å². The van der Waals surface area contributed by atoms with Crippen LogP contribution in [0.25, 0.3) is 11.8 Å². The molecule has 0 N–H and O–H groups in total. The standard InChI is InChI=1S/C27H37N2/c1-20-12-10-11-17-25(20)28-21(2)26-18-19-27(29(26)22(28)3,23-13-6-4-7-14-23)24-15-8-5-9-16-24/h10-12,17-19,23-24H,4-9,13-16H2,1-3H3/q+1/i3D3. The van der Waals surface area contributed by atoms with E-state index in [2.05, 4.69) is 47.3 Å². The lowest BCUT2D eigenvalue weighted by Crippen LogP contribution is -2.64. The minimum atomic E-state index is -2.19. The molecule has 0 unspecified atom stereocenters. The molecule has 2 heterocycles. The highest BCUT2D eigenvalue weighted by atomic mass is 15.2. The number of para-hydroxylation sites is 1. The van der Waals surface area contributed by atoms with Gasteiger partial charge in [-0.05, 0) is 56.4 Å². The van der Waals surface area contributed by atoms with Gasteiger partial charge in [-0.1, -0.05) is 56.7 Å². The molecule has 2 nitrogen and oxygen atoms in total. The molecule has 0 atom stereocenters. The number of aromatic nitrogens is 2. The second kappa shape index (κ2) is 7.45. The Kier molecular flexibility index (Phi) is 4.09. The number of nitrogens with zero attached hydrogens (tertiary/aromatic N) is 2. The minimum Gasteiger partial charge on any atom is -0.218 e. The van der Waals surface area contributed by atoms with Crippen molar-refractivity contribution in [1.29, 1.82) is 0 Å². The molecule has 0 radical (unpaired) electrons. The van der Waals surface area contributed by atoms with E-state index >= 15 is 0 Å². The molecule has 5 rings (SSSR count). The number of hydrogen-bond acceptors (Lipinski definition) is 0. The molecule has 29 heavy (non-hydrogen) atoms. The van der Waals surface area contributed by atoms with Crippen molar-refractivity contribution in [3.05, 3.63) is 53.1 Å². The molecule has 1 aliphatic heterocycles. The summed E-state index contributed by atoms with van der Waals surface area (Å²) in [5.74, 6) is 1.55. The molecule has 2 fully saturated rings. The predicted molar refractivity (Wildman–Crippen MR) is 120 cm³/mol. The van der Waals surface area contributed by atoms with Gasteiger partial charge in [0.15, 0.2) is 11.4 Å². The van der Waals surface area contributed by atoms with Crippen molar-refractivity contribution in [3.63, 3.8) is 0 Å². The summed E-state index contributed by atoms with van der Waals surface area (Å²) in [7, 11) is 0. The molecule has 0 spiro atoms. The molecule has 2 heteroatoms. The molecular weight excluding hydrogens is 352 g/mol. The fourth-order valence-electron chi connectivity index (χ4n) is 6.73. The van der Waals surface area contributed by atoms with Gasteiger partial charge in [0.25, 0.3) is 5.82 Å². The maximum atomic E-state index is 8.68. The first-order valence-electron chi connectivity index (χ1n) is 13.3. The normalized spacial score (nSPS) is 24.1. The summed E-state index contributed by atoms with van der Waals surface area (Å²) in [6, 6.07) is 8.20. The van der Waals surface area contributed by atoms with Crippen LogP contribution < -0.4 is 4.57 Å². The van der Waals surface area contributed by atoms with Crippen molar-refractivity contribution in [2.45, 2.75) is 90.4 Å². The van der Waals surface area contributed by atoms with Crippen LogP contribution in [-0.4, -0.2) is 4.57 Å². The second-order valence-electron chi connectivity index (χ2n) is 9.64. The smallest absolute Gasteiger partial charge is 0.218 e. The number of hydrogen-bond donors (Lipinski definition) is 0. The number of rotatable bonds is 3. The molecule has 3 aliphatic rings. The summed E-state index contributed by atoms with van der Waals surface area (Å²) in [5.41, 5.74) is 4.07. The third kappa shape index (κ3) is 2.86. The van der Waals surface area contributed by atoms with Gasteiger partial charge >= 0.3 is 0 Å². The van der Waals surface area contributed by atoms with E-state index in [1.807, 2.05) is 12.1 Å². The van der Waals surface area contributed by atoms with Crippen molar-refractivity contribution in [2.75, 3.05) is 0 Å². The van der Waals surface area contributed by atoms with E-state index in [0.717, 1.165) is 22.6 Å². The highest BCUT2D eigenvalue weighted by Gasteiger charge is 2.54. The van der Waals surface area contributed by atoms with Crippen molar-refractivity contribution in [2.24, 2.45) is 11.8 Å². The van der Waals surface area contributed by atoms with Crippen LogP contribution in [0.5, 0.6) is 0 Å². The van der Waals surface area contributed by atoms with Gasteiger partial charge in [0, 0.05) is 29.7 Å². The van der Waals surface area contributed by atoms with Crippen LogP contribution in [0.1, 0.15) is 91.1 Å². The lowest BCUT2D eigenvalue weighted by molar-refractivity contribution is -0.771. The Morgan fingerprint density at radius 2 is 1.55 bits per heavy atom. The summed E-state index contributed by atoms with van der Waals surface area (Å²) >= 11 is 0. The van der Waals surface area contributed by atoms with Crippen molar-refractivity contribution < 1.29 is 8.68 Å². The average Bonchev–Trinajstić information content (AvgIpc) is 3.32. The van der Waals surface area contributed by atoms with E-state index in [0.29, 0.717) is 17.7 Å². The van der Waals surface area contributed by atoms with E-state index in [9.17, 15) is 0 Å². The van der Waals surface area contributed by atoms with Crippen LogP contribution in [0, 0.1) is 32.5 Å². The third-order valence-electron chi connectivity index (χ3n) is 8.14. The molecule has 0 saturated heterocycles. The lowest BCUT2D eigenvalue weighted by atomic mass is 9.64. The maximum absolute atomic E-state index is 8.68. The van der Waals surface area contributed by atoms with Gasteiger partial charge in [-0.25, -0.2) is 4.57 Å². The second-order valence-corrected chi connectivity index (χ2v) is 9.64. The Balaban J connectivity index is 1.80. The zero-order chi connectivity index (χ0) is 22.5. The Morgan fingerprint density at radius 1 is 0.931 bits per heavy atom. The molecular formula is C27H37N2+. The van der Waals surface area contributed by atoms with Crippen LogP contribution in [-0.2, 0) is 5.54 Å². The number of benzene rings is 1. The first-order valence-corrected chi connectivity index (χ1v) is 11.8. The van der Waals surface area contributed by atoms with E-state index in [1.54, 1.807) is 0 Å². The largest absolute Gasteiger partial charge is 0.259 e. The molecule has 2 saturated carbocycles. The maximum Gasteiger partial charge on any atom is 0.259 e. The van der Waals surface area contributed by atoms with Gasteiger partial charge in [-0.15, -0.1) is 0 Å². The number of aryl methyl sites for hydroxylation is 1. The van der Waals surface area contributed by atoms with Gasteiger partial charge in [0.2, 0.25) is 0 Å². The van der Waals surface area contributed by atoms with Crippen LogP contribution in [0.2, 0.25) is 0 Å². The Labute approximate surface area is 180 Å². The van der Waals surface area contributed by atoms with E-state index in [1.165, 1.54) is 64.2 Å². The predicted octanol–water partition coefficient (Wildman–Crippen LogP) is 6.57. The zero-order valence-electron chi connectivity index (χ0n) is 21.1. The Hall–Kier alpha value is -1.83. The number of fused-ring (bicyclic) bond motifs is 1. The molecule has 2 aromatic rings. The van der Waals surface area contributed by atoms with E-state index in [4.69, 9.17) is 4.11 Å². The van der Waals surface area contributed by atoms with Crippen LogP contribution in [0.15, 0.2) is 30.3 Å². The van der Waals surface area contributed by atoms with E-state index < -0.39 is 6.85 Å². The quantitative estimate of drug-likeness (QED) is 0.522. The molecule has 1 aromatic carbocycles. The van der Waals surface area contributed by atoms with Gasteiger partial charge in [0.1, 0.15) is 11.2 Å². The molecule has 0 bridgehead atoms. The fourth-order valence-corrected chi connectivity index (χ4v) is 6.73. The average molecular weight is 393 g/mol. The first kappa shape index (κ1) is 15.9. The summed E-state index contributed by atoms with van der Waals surface area (Å²) in [5, 5.41) is 0. The highest BCUT2D eigenvalue weighted by molar-refractivity contribution is 5.53. The number of allylic oxidation sites excluding steroid dienone is 1. The van der Waals surface area contributed by atoms with Crippen LogP contribution in [0.4, 0.5) is 0 Å². The van der Waals surface area contributed by atoms with Crippen molar-refractivity contribution >= 4 is 6.08 Å². The number of imidazole rings is 1. The Bertz CT molecular complexity index is 1000. The van der Waals surface area contributed by atoms with Gasteiger partial charge in [0.05, 0.1) is 0 Å². The third-order valence-corrected chi connectivity index (χ3v) is 8.14. The summed E-state index contributed by atoms with van der Waals surface area (Å²) in [6.45, 7) is 2.00. The summed E-state index contributed by atoms with van der Waals surface area (Å²) in [6.07, 6.45) is 17.2. The van der Waals surface area contributed by atoms with Gasteiger partial charge in [-0.2, -0.15) is 4.57 Å². The first-order chi connectivity index (χ1) is 15.4. The van der Waals surface area contributed by atoms with Crippen molar-refractivity contribution in [3.8, 4) is 5.69 Å². The van der Waals surface area contributed by atoms with Gasteiger partial charge < -0.3 is 0 Å². The van der Waals surface area contributed by atoms with Crippen LogP contribution >= 0.6 is 0 Å². The minimum absolute atomic E-state index is 0.196. The van der Waals surface area contributed by atoms with Crippen LogP contribution in [0.3, 0.4) is 0 Å². The molecule has 2 aliphatic carbocycles. The monoisotopic (exact) mass is 392 g/mol. The lowest BCUT2D eigenvalue weighted by Gasteiger charge is -2.44. The molecule has 154 valence electrons. The van der Waals surface area contributed by atoms with Crippen molar-refractivity contribution in [1.82, 2.24) is 4.57 Å².